The van der Waals surface area contributed by atoms with Crippen molar-refractivity contribution in [3.63, 3.8) is 0 Å². The Morgan fingerprint density at radius 1 is 1.22 bits per heavy atom. The number of fused-ring (bicyclic) bond motifs is 1. The Morgan fingerprint density at radius 3 is 2.78 bits per heavy atom. The molecule has 3 atom stereocenters. The molecule has 0 radical (unpaired) electrons. The fraction of sp³-hybridized carbons (Fsp3) is 0.571. The van der Waals surface area contributed by atoms with Crippen LogP contribution in [0.25, 0.3) is 0 Å². The molecular weight excluding hydrogens is 346 g/mol. The molecule has 1 unspecified atom stereocenters. The summed E-state index contributed by atoms with van der Waals surface area (Å²) in [6, 6.07) is 3.71. The maximum atomic E-state index is 13.0. The summed E-state index contributed by atoms with van der Waals surface area (Å²) >= 11 is 0. The van der Waals surface area contributed by atoms with E-state index >= 15 is 0 Å². The number of aryl methyl sites for hydroxylation is 1. The Hall–Kier alpha value is -2.21. The van der Waals surface area contributed by atoms with E-state index in [-0.39, 0.29) is 18.5 Å². The first-order valence-corrected chi connectivity index (χ1v) is 9.70. The van der Waals surface area contributed by atoms with E-state index in [1.165, 1.54) is 0 Å². The van der Waals surface area contributed by atoms with Crippen LogP contribution in [0.5, 0.6) is 0 Å². The van der Waals surface area contributed by atoms with Crippen molar-refractivity contribution in [3.05, 3.63) is 34.9 Å². The maximum Gasteiger partial charge on any atom is 0.336 e. The molecule has 2 fully saturated rings. The second-order valence-corrected chi connectivity index (χ2v) is 7.56. The minimum atomic E-state index is -0.462. The minimum absolute atomic E-state index is 0.0434. The molecule has 1 aliphatic carbocycles. The lowest BCUT2D eigenvalue weighted by Gasteiger charge is -2.34. The third kappa shape index (κ3) is 3.50. The van der Waals surface area contributed by atoms with E-state index in [4.69, 9.17) is 13.9 Å². The van der Waals surface area contributed by atoms with Crippen LogP contribution >= 0.6 is 0 Å². The first-order valence-electron chi connectivity index (χ1n) is 9.70. The molecule has 1 saturated heterocycles. The summed E-state index contributed by atoms with van der Waals surface area (Å²) in [6.45, 7) is 4.61. The van der Waals surface area contributed by atoms with Crippen LogP contribution in [-0.4, -0.2) is 36.8 Å². The van der Waals surface area contributed by atoms with E-state index in [9.17, 15) is 9.59 Å². The van der Waals surface area contributed by atoms with Gasteiger partial charge in [-0.3, -0.25) is 9.79 Å². The van der Waals surface area contributed by atoms with Crippen molar-refractivity contribution in [2.75, 3.05) is 13.2 Å². The van der Waals surface area contributed by atoms with Gasteiger partial charge in [-0.15, -0.1) is 0 Å². The number of allylic oxidation sites excluding steroid dienone is 1. The molecule has 0 spiro atoms. The predicted octanol–water partition coefficient (Wildman–Crippen LogP) is 3.49. The molecule has 2 aliphatic heterocycles. The summed E-state index contributed by atoms with van der Waals surface area (Å²) in [6.07, 6.45) is 3.94. The predicted molar refractivity (Wildman–Crippen MR) is 98.6 cm³/mol. The Morgan fingerprint density at radius 2 is 2.07 bits per heavy atom. The number of Topliss-reactive ketones (excluding diaryl/α,β-unsaturated/α-hetero) is 1. The molecule has 0 N–H and O–H groups in total. The molecular formula is C21H25NO5. The van der Waals surface area contributed by atoms with E-state index in [2.05, 4.69) is 4.99 Å². The molecule has 0 aromatic carbocycles. The van der Waals surface area contributed by atoms with Gasteiger partial charge in [0.1, 0.15) is 23.9 Å². The number of ether oxygens (including phenoxy) is 2. The van der Waals surface area contributed by atoms with E-state index in [0.29, 0.717) is 30.1 Å². The van der Waals surface area contributed by atoms with Gasteiger partial charge in [-0.25, -0.2) is 4.79 Å². The number of ketones is 1. The molecule has 1 aromatic heterocycles. The highest BCUT2D eigenvalue weighted by Gasteiger charge is 2.45. The molecule has 144 valence electrons. The number of aliphatic imine (C=N–C) groups is 1. The summed E-state index contributed by atoms with van der Waals surface area (Å²) in [5, 5.41) is 0. The second-order valence-electron chi connectivity index (χ2n) is 7.56. The third-order valence-electron chi connectivity index (χ3n) is 5.62. The van der Waals surface area contributed by atoms with Gasteiger partial charge in [0.25, 0.3) is 0 Å². The SMILES string of the molecule is CC1=C(C(=O)OC[C@H]2CCCO2)[C@H](c2ccc(C)o2)C2C(=O)CCCC2=N1. The van der Waals surface area contributed by atoms with Crippen molar-refractivity contribution in [1.29, 1.82) is 0 Å². The highest BCUT2D eigenvalue weighted by atomic mass is 16.6. The highest BCUT2D eigenvalue weighted by Crippen LogP contribution is 2.43. The number of hydrogen-bond donors (Lipinski definition) is 0. The lowest BCUT2D eigenvalue weighted by atomic mass is 9.71. The van der Waals surface area contributed by atoms with Crippen LogP contribution in [0, 0.1) is 12.8 Å². The summed E-state index contributed by atoms with van der Waals surface area (Å²) in [4.78, 5) is 30.3. The number of furan rings is 1. The van der Waals surface area contributed by atoms with Crippen molar-refractivity contribution in [3.8, 4) is 0 Å². The number of carbonyl (C=O) groups excluding carboxylic acids is 2. The van der Waals surface area contributed by atoms with Crippen LogP contribution in [0.15, 0.2) is 32.8 Å². The number of rotatable bonds is 4. The van der Waals surface area contributed by atoms with Crippen molar-refractivity contribution >= 4 is 17.5 Å². The van der Waals surface area contributed by atoms with Gasteiger partial charge in [-0.05, 0) is 51.7 Å². The fourth-order valence-corrected chi connectivity index (χ4v) is 4.34. The topological polar surface area (TPSA) is 78.1 Å². The smallest absolute Gasteiger partial charge is 0.336 e. The van der Waals surface area contributed by atoms with E-state index in [1.807, 2.05) is 26.0 Å². The number of hydrogen-bond acceptors (Lipinski definition) is 6. The van der Waals surface area contributed by atoms with Crippen LogP contribution < -0.4 is 0 Å². The van der Waals surface area contributed by atoms with Gasteiger partial charge in [0.05, 0.1) is 23.5 Å². The molecule has 27 heavy (non-hydrogen) atoms. The molecule has 6 nitrogen and oxygen atoms in total. The van der Waals surface area contributed by atoms with Gasteiger partial charge < -0.3 is 13.9 Å². The van der Waals surface area contributed by atoms with Crippen molar-refractivity contribution in [2.24, 2.45) is 10.9 Å². The van der Waals surface area contributed by atoms with Crippen molar-refractivity contribution in [2.45, 2.75) is 58.0 Å². The van der Waals surface area contributed by atoms with E-state index in [1.54, 1.807) is 0 Å². The summed E-state index contributed by atoms with van der Waals surface area (Å²) in [5.41, 5.74) is 1.91. The first-order chi connectivity index (χ1) is 13.0. The molecule has 3 aliphatic rings. The van der Waals surface area contributed by atoms with E-state index in [0.717, 1.165) is 37.2 Å². The average molecular weight is 371 g/mol. The van der Waals surface area contributed by atoms with Crippen molar-refractivity contribution in [1.82, 2.24) is 0 Å². The third-order valence-corrected chi connectivity index (χ3v) is 5.62. The van der Waals surface area contributed by atoms with Crippen LogP contribution in [0.1, 0.15) is 56.5 Å². The molecule has 1 aromatic rings. The Bertz CT molecular complexity index is 812. The molecule has 4 rings (SSSR count). The zero-order valence-corrected chi connectivity index (χ0v) is 15.8. The van der Waals surface area contributed by atoms with Gasteiger partial charge in [0, 0.05) is 24.4 Å². The van der Waals surface area contributed by atoms with Crippen LogP contribution in [-0.2, 0) is 19.1 Å². The number of carbonyl (C=O) groups is 2. The number of esters is 1. The minimum Gasteiger partial charge on any atom is -0.466 e. The zero-order valence-electron chi connectivity index (χ0n) is 15.8. The van der Waals surface area contributed by atoms with Gasteiger partial charge in [0.15, 0.2) is 0 Å². The molecule has 1 saturated carbocycles. The van der Waals surface area contributed by atoms with E-state index < -0.39 is 17.8 Å². The van der Waals surface area contributed by atoms with Gasteiger partial charge in [-0.1, -0.05) is 0 Å². The summed E-state index contributed by atoms with van der Waals surface area (Å²) < 4.78 is 17.0. The van der Waals surface area contributed by atoms with Crippen LogP contribution in [0.4, 0.5) is 0 Å². The van der Waals surface area contributed by atoms with Crippen LogP contribution in [0.3, 0.4) is 0 Å². The normalized spacial score (nSPS) is 28.1. The monoisotopic (exact) mass is 371 g/mol. The molecule has 0 amide bonds. The lowest BCUT2D eigenvalue weighted by molar-refractivity contribution is -0.142. The standard InChI is InChI=1S/C21H25NO5/c1-12-8-9-17(27-12)20-18(21(24)26-11-14-5-4-10-25-14)13(2)22-15-6-3-7-16(23)19(15)20/h8-9,14,19-20H,3-7,10-11H2,1-2H3/t14-,19?,20+/m1/s1. The molecule has 3 heterocycles. The summed E-state index contributed by atoms with van der Waals surface area (Å²) in [7, 11) is 0. The maximum absolute atomic E-state index is 13.0. The highest BCUT2D eigenvalue weighted by molar-refractivity contribution is 6.11. The molecule has 0 bridgehead atoms. The number of nitrogens with zero attached hydrogens (tertiary/aromatic N) is 1. The average Bonchev–Trinajstić information content (AvgIpc) is 3.30. The largest absolute Gasteiger partial charge is 0.466 e. The summed E-state index contributed by atoms with van der Waals surface area (Å²) in [5.74, 6) is 0.180. The first kappa shape index (κ1) is 18.2. The zero-order chi connectivity index (χ0) is 19.0. The Kier molecular flexibility index (Phi) is 5.00. The Balaban J connectivity index is 1.67. The molecule has 6 heteroatoms. The van der Waals surface area contributed by atoms with Gasteiger partial charge >= 0.3 is 5.97 Å². The quantitative estimate of drug-likeness (QED) is 0.757. The lowest BCUT2D eigenvalue weighted by Crippen LogP contribution is -2.39. The fourth-order valence-electron chi connectivity index (χ4n) is 4.34. The second kappa shape index (κ2) is 7.43. The van der Waals surface area contributed by atoms with Gasteiger partial charge in [0.2, 0.25) is 0 Å². The Labute approximate surface area is 158 Å². The van der Waals surface area contributed by atoms with Crippen molar-refractivity contribution < 1.29 is 23.5 Å². The van der Waals surface area contributed by atoms with Crippen LogP contribution in [0.2, 0.25) is 0 Å². The van der Waals surface area contributed by atoms with Gasteiger partial charge in [-0.2, -0.15) is 0 Å².